The van der Waals surface area contributed by atoms with Crippen LogP contribution in [-0.2, 0) is 6.18 Å². The number of halogens is 3. The molecule has 0 aliphatic heterocycles. The van der Waals surface area contributed by atoms with Gasteiger partial charge in [-0.15, -0.1) is 0 Å². The maximum atomic E-state index is 12.5. The fourth-order valence-electron chi connectivity index (χ4n) is 1.23. The summed E-state index contributed by atoms with van der Waals surface area (Å²) in [6, 6.07) is 3.89. The van der Waals surface area contributed by atoms with E-state index < -0.39 is 17.8 Å². The molecule has 1 rings (SSSR count). The molecule has 1 aromatic carbocycles. The predicted molar refractivity (Wildman–Crippen MR) is 67.6 cm³/mol. The number of hydrogen-bond donors (Lipinski definition) is 2. The minimum Gasteiger partial charge on any atom is -0.314 e. The first-order valence-electron chi connectivity index (χ1n) is 5.73. The zero-order valence-electron chi connectivity index (χ0n) is 10.6. The Morgan fingerprint density at radius 2 is 2.05 bits per heavy atom. The molecule has 0 aliphatic carbocycles. The highest BCUT2D eigenvalue weighted by Gasteiger charge is 2.30. The smallest absolute Gasteiger partial charge is 0.314 e. The van der Waals surface area contributed by atoms with Crippen molar-refractivity contribution in [3.63, 3.8) is 0 Å². The lowest BCUT2D eigenvalue weighted by molar-refractivity contribution is -0.137. The van der Waals surface area contributed by atoms with E-state index in [0.29, 0.717) is 0 Å². The predicted octanol–water partition coefficient (Wildman–Crippen LogP) is 4.14. The van der Waals surface area contributed by atoms with Gasteiger partial charge in [-0.1, -0.05) is 18.6 Å². The Morgan fingerprint density at radius 1 is 1.37 bits per heavy atom. The van der Waals surface area contributed by atoms with Crippen LogP contribution < -0.4 is 10.6 Å². The average Bonchev–Trinajstić information content (AvgIpc) is 2.35. The number of carbonyl (C=O) groups is 1. The Morgan fingerprint density at radius 3 is 2.63 bits per heavy atom. The molecule has 0 heterocycles. The van der Waals surface area contributed by atoms with Crippen molar-refractivity contribution in [2.45, 2.75) is 26.4 Å². The van der Waals surface area contributed by atoms with Gasteiger partial charge in [-0.2, -0.15) is 13.2 Å². The minimum atomic E-state index is -4.42. The van der Waals surface area contributed by atoms with E-state index in [-0.39, 0.29) is 5.69 Å². The number of carbonyl (C=O) groups excluding carboxylic acids is 1. The van der Waals surface area contributed by atoms with E-state index in [1.165, 1.54) is 18.3 Å². The second kappa shape index (κ2) is 6.26. The standard InChI is InChI=1S/C13H15F3N2O/c1-3-9(2)8-17-12(19)18-11-6-4-5-10(7-11)13(14,15)16/h4-8H,3H2,1-2H3,(H2,17,18,19)/b9-8+. The Kier molecular flexibility index (Phi) is 4.97. The first-order valence-corrected chi connectivity index (χ1v) is 5.73. The summed E-state index contributed by atoms with van der Waals surface area (Å²) in [5.74, 6) is 0. The Hall–Kier alpha value is -1.98. The van der Waals surface area contributed by atoms with Crippen LogP contribution in [-0.4, -0.2) is 6.03 Å². The van der Waals surface area contributed by atoms with Gasteiger partial charge in [0.2, 0.25) is 0 Å². The Balaban J connectivity index is 2.70. The Bertz CT molecular complexity index is 481. The third kappa shape index (κ3) is 5.03. The molecule has 0 bridgehead atoms. The van der Waals surface area contributed by atoms with E-state index in [0.717, 1.165) is 24.1 Å². The van der Waals surface area contributed by atoms with Crippen molar-refractivity contribution in [2.75, 3.05) is 5.32 Å². The molecular formula is C13H15F3N2O. The van der Waals surface area contributed by atoms with Crippen LogP contribution in [0.2, 0.25) is 0 Å². The van der Waals surface area contributed by atoms with Crippen LogP contribution in [0, 0.1) is 0 Å². The Labute approximate surface area is 109 Å². The minimum absolute atomic E-state index is 0.0925. The van der Waals surface area contributed by atoms with Crippen molar-refractivity contribution in [2.24, 2.45) is 0 Å². The summed E-state index contributed by atoms with van der Waals surface area (Å²) < 4.78 is 37.4. The fraction of sp³-hybridized carbons (Fsp3) is 0.308. The highest BCUT2D eigenvalue weighted by atomic mass is 19.4. The monoisotopic (exact) mass is 272 g/mol. The summed E-state index contributed by atoms with van der Waals surface area (Å²) in [6.07, 6.45) is -2.13. The molecule has 0 aromatic heterocycles. The van der Waals surface area contributed by atoms with Gasteiger partial charge < -0.3 is 10.6 Å². The van der Waals surface area contributed by atoms with E-state index in [1.54, 1.807) is 0 Å². The van der Waals surface area contributed by atoms with Crippen molar-refractivity contribution in [1.82, 2.24) is 5.32 Å². The topological polar surface area (TPSA) is 41.1 Å². The quantitative estimate of drug-likeness (QED) is 0.853. The van der Waals surface area contributed by atoms with Crippen molar-refractivity contribution >= 4 is 11.7 Å². The van der Waals surface area contributed by atoms with Gasteiger partial charge in [0, 0.05) is 11.9 Å². The highest BCUT2D eigenvalue weighted by Crippen LogP contribution is 2.30. The molecule has 2 N–H and O–H groups in total. The van der Waals surface area contributed by atoms with Crippen LogP contribution >= 0.6 is 0 Å². The molecule has 0 atom stereocenters. The molecular weight excluding hydrogens is 257 g/mol. The van der Waals surface area contributed by atoms with Crippen LogP contribution in [0.3, 0.4) is 0 Å². The van der Waals surface area contributed by atoms with Crippen molar-refractivity contribution in [1.29, 1.82) is 0 Å². The lowest BCUT2D eigenvalue weighted by Crippen LogP contribution is -2.24. The van der Waals surface area contributed by atoms with E-state index >= 15 is 0 Å². The fourth-order valence-corrected chi connectivity index (χ4v) is 1.23. The number of allylic oxidation sites excluding steroid dienone is 1. The first-order chi connectivity index (χ1) is 8.82. The molecule has 0 spiro atoms. The molecule has 0 aliphatic rings. The molecule has 3 nitrogen and oxygen atoms in total. The van der Waals surface area contributed by atoms with Crippen LogP contribution in [0.25, 0.3) is 0 Å². The second-order valence-electron chi connectivity index (χ2n) is 4.02. The molecule has 19 heavy (non-hydrogen) atoms. The largest absolute Gasteiger partial charge is 0.416 e. The summed E-state index contributed by atoms with van der Waals surface area (Å²) in [4.78, 5) is 11.4. The van der Waals surface area contributed by atoms with E-state index in [1.807, 2.05) is 13.8 Å². The zero-order valence-corrected chi connectivity index (χ0v) is 10.6. The van der Waals surface area contributed by atoms with Crippen LogP contribution in [0.15, 0.2) is 36.0 Å². The molecule has 104 valence electrons. The van der Waals surface area contributed by atoms with Crippen LogP contribution in [0.1, 0.15) is 25.8 Å². The summed E-state index contributed by atoms with van der Waals surface area (Å²) in [5.41, 5.74) is 0.250. The third-order valence-electron chi connectivity index (χ3n) is 2.46. The SMILES string of the molecule is CC/C(C)=C/NC(=O)Nc1cccc(C(F)(F)F)c1. The van der Waals surface area contributed by atoms with Crippen molar-refractivity contribution in [3.05, 3.63) is 41.6 Å². The summed E-state index contributed by atoms with van der Waals surface area (Å²) in [5, 5.41) is 4.79. The van der Waals surface area contributed by atoms with Gasteiger partial charge in [0.1, 0.15) is 0 Å². The second-order valence-corrected chi connectivity index (χ2v) is 4.02. The molecule has 6 heteroatoms. The third-order valence-corrected chi connectivity index (χ3v) is 2.46. The van der Waals surface area contributed by atoms with E-state index in [2.05, 4.69) is 10.6 Å². The van der Waals surface area contributed by atoms with Crippen molar-refractivity contribution < 1.29 is 18.0 Å². The number of alkyl halides is 3. The lowest BCUT2D eigenvalue weighted by Gasteiger charge is -2.09. The summed E-state index contributed by atoms with van der Waals surface area (Å²) >= 11 is 0. The number of amides is 2. The number of hydrogen-bond acceptors (Lipinski definition) is 1. The average molecular weight is 272 g/mol. The lowest BCUT2D eigenvalue weighted by atomic mass is 10.2. The van der Waals surface area contributed by atoms with E-state index in [9.17, 15) is 18.0 Å². The number of nitrogens with one attached hydrogen (secondary N) is 2. The van der Waals surface area contributed by atoms with Gasteiger partial charge in [-0.25, -0.2) is 4.79 Å². The van der Waals surface area contributed by atoms with Gasteiger partial charge in [-0.3, -0.25) is 0 Å². The summed E-state index contributed by atoms with van der Waals surface area (Å²) in [7, 11) is 0. The number of anilines is 1. The zero-order chi connectivity index (χ0) is 14.5. The van der Waals surface area contributed by atoms with Gasteiger partial charge in [0.05, 0.1) is 5.56 Å². The van der Waals surface area contributed by atoms with Crippen LogP contribution in [0.4, 0.5) is 23.7 Å². The number of benzene rings is 1. The highest BCUT2D eigenvalue weighted by molar-refractivity contribution is 5.89. The van der Waals surface area contributed by atoms with Crippen LogP contribution in [0.5, 0.6) is 0 Å². The number of urea groups is 1. The normalized spacial score (nSPS) is 12.2. The molecule has 0 saturated heterocycles. The van der Waals surface area contributed by atoms with Gasteiger partial charge in [-0.05, 0) is 31.5 Å². The summed E-state index contributed by atoms with van der Waals surface area (Å²) in [6.45, 7) is 3.77. The first kappa shape index (κ1) is 15.1. The maximum absolute atomic E-state index is 12.5. The molecule has 0 saturated carbocycles. The van der Waals surface area contributed by atoms with Gasteiger partial charge in [0.25, 0.3) is 0 Å². The van der Waals surface area contributed by atoms with E-state index in [4.69, 9.17) is 0 Å². The van der Waals surface area contributed by atoms with Crippen molar-refractivity contribution in [3.8, 4) is 0 Å². The molecule has 1 aromatic rings. The maximum Gasteiger partial charge on any atom is 0.416 e. The molecule has 0 fully saturated rings. The molecule has 0 unspecified atom stereocenters. The number of rotatable bonds is 3. The molecule has 2 amide bonds. The molecule has 0 radical (unpaired) electrons. The van der Waals surface area contributed by atoms with Gasteiger partial charge >= 0.3 is 12.2 Å². The van der Waals surface area contributed by atoms with Gasteiger partial charge in [0.15, 0.2) is 0 Å².